The lowest BCUT2D eigenvalue weighted by Crippen LogP contribution is -2.25. The van der Waals surface area contributed by atoms with E-state index in [1.54, 1.807) is 0 Å². The van der Waals surface area contributed by atoms with Gasteiger partial charge in [0, 0.05) is 17.9 Å². The van der Waals surface area contributed by atoms with Gasteiger partial charge in [-0.25, -0.2) is 9.97 Å². The van der Waals surface area contributed by atoms with E-state index in [-0.39, 0.29) is 0 Å². The Hall–Kier alpha value is -0.670. The number of hydrogen-bond acceptors (Lipinski definition) is 3. The Labute approximate surface area is 101 Å². The van der Waals surface area contributed by atoms with Crippen LogP contribution in [0.4, 0.5) is 0 Å². The van der Waals surface area contributed by atoms with Crippen LogP contribution in [0.2, 0.25) is 5.15 Å². The van der Waals surface area contributed by atoms with Crippen molar-refractivity contribution in [3.05, 3.63) is 22.2 Å². The number of rotatable bonds is 3. The van der Waals surface area contributed by atoms with Crippen molar-refractivity contribution in [1.82, 2.24) is 9.97 Å². The van der Waals surface area contributed by atoms with Crippen molar-refractivity contribution in [2.45, 2.75) is 45.6 Å². The van der Waals surface area contributed by atoms with Crippen LogP contribution in [0.15, 0.2) is 0 Å². The minimum atomic E-state index is -0.462. The highest BCUT2D eigenvalue weighted by molar-refractivity contribution is 6.30. The summed E-state index contributed by atoms with van der Waals surface area (Å²) in [6.07, 6.45) is 3.14. The van der Waals surface area contributed by atoms with E-state index in [1.165, 1.54) is 0 Å². The summed E-state index contributed by atoms with van der Waals surface area (Å²) >= 11 is 6.17. The molecule has 1 aliphatic carbocycles. The van der Waals surface area contributed by atoms with Gasteiger partial charge in [-0.2, -0.15) is 0 Å². The fourth-order valence-corrected chi connectivity index (χ4v) is 2.36. The molecule has 0 aliphatic heterocycles. The van der Waals surface area contributed by atoms with Gasteiger partial charge < -0.3 is 4.74 Å². The van der Waals surface area contributed by atoms with Crippen LogP contribution in [0.1, 0.15) is 44.3 Å². The van der Waals surface area contributed by atoms with Gasteiger partial charge in [-0.3, -0.25) is 0 Å². The first-order chi connectivity index (χ1) is 7.54. The number of ether oxygens (including phenoxy) is 1. The average molecular weight is 241 g/mol. The van der Waals surface area contributed by atoms with Crippen LogP contribution in [0.5, 0.6) is 0 Å². The van der Waals surface area contributed by atoms with E-state index in [9.17, 15) is 0 Å². The Kier molecular flexibility index (Phi) is 3.17. The second-order valence-electron chi connectivity index (χ2n) is 4.56. The summed E-state index contributed by atoms with van der Waals surface area (Å²) in [6.45, 7) is 6.56. The van der Waals surface area contributed by atoms with Gasteiger partial charge in [0.15, 0.2) is 5.82 Å². The Morgan fingerprint density at radius 3 is 2.75 bits per heavy atom. The maximum atomic E-state index is 6.17. The SMILES string of the molecule is CCOC(C)(C)c1nc(Cl)c2c(n1)CCC2. The van der Waals surface area contributed by atoms with Crippen LogP contribution in [0, 0.1) is 0 Å². The highest BCUT2D eigenvalue weighted by atomic mass is 35.5. The molecular weight excluding hydrogens is 224 g/mol. The third kappa shape index (κ3) is 2.06. The summed E-state index contributed by atoms with van der Waals surface area (Å²) in [4.78, 5) is 8.95. The molecule has 1 aliphatic rings. The lowest BCUT2D eigenvalue weighted by atomic mass is 10.1. The highest BCUT2D eigenvalue weighted by Gasteiger charge is 2.28. The van der Waals surface area contributed by atoms with Gasteiger partial charge in [-0.15, -0.1) is 0 Å². The Bertz CT molecular complexity index is 404. The molecule has 0 spiro atoms. The Morgan fingerprint density at radius 2 is 2.06 bits per heavy atom. The normalized spacial score (nSPS) is 15.2. The van der Waals surface area contributed by atoms with Crippen LogP contribution in [0.25, 0.3) is 0 Å². The predicted molar refractivity (Wildman–Crippen MR) is 63.7 cm³/mol. The summed E-state index contributed by atoms with van der Waals surface area (Å²) in [7, 11) is 0. The zero-order valence-electron chi connectivity index (χ0n) is 10.0. The van der Waals surface area contributed by atoms with Crippen molar-refractivity contribution in [3.8, 4) is 0 Å². The molecule has 1 aromatic rings. The van der Waals surface area contributed by atoms with Crippen LogP contribution in [0.3, 0.4) is 0 Å². The molecule has 0 amide bonds. The van der Waals surface area contributed by atoms with Gasteiger partial charge in [-0.05, 0) is 40.0 Å². The molecule has 1 heterocycles. The zero-order valence-corrected chi connectivity index (χ0v) is 10.8. The van der Waals surface area contributed by atoms with Crippen molar-refractivity contribution < 1.29 is 4.74 Å². The van der Waals surface area contributed by atoms with E-state index in [0.29, 0.717) is 17.6 Å². The summed E-state index contributed by atoms with van der Waals surface area (Å²) in [5.74, 6) is 0.694. The molecule has 4 heteroatoms. The fourth-order valence-electron chi connectivity index (χ4n) is 2.08. The smallest absolute Gasteiger partial charge is 0.161 e. The number of aryl methyl sites for hydroxylation is 1. The topological polar surface area (TPSA) is 35.0 Å². The van der Waals surface area contributed by atoms with Gasteiger partial charge in [0.05, 0.1) is 0 Å². The minimum absolute atomic E-state index is 0.462. The molecule has 2 rings (SSSR count). The number of hydrogen-bond donors (Lipinski definition) is 0. The van der Waals surface area contributed by atoms with Gasteiger partial charge in [-0.1, -0.05) is 11.6 Å². The first-order valence-electron chi connectivity index (χ1n) is 5.74. The zero-order chi connectivity index (χ0) is 11.8. The second kappa shape index (κ2) is 4.30. The predicted octanol–water partition coefficient (Wildman–Crippen LogP) is 2.89. The quantitative estimate of drug-likeness (QED) is 0.762. The third-order valence-corrected chi connectivity index (χ3v) is 3.24. The summed E-state index contributed by atoms with van der Waals surface area (Å²) in [6, 6.07) is 0. The van der Waals surface area contributed by atoms with Crippen molar-refractivity contribution in [3.63, 3.8) is 0 Å². The maximum Gasteiger partial charge on any atom is 0.161 e. The summed E-state index contributed by atoms with van der Waals surface area (Å²) in [5.41, 5.74) is 1.76. The van der Waals surface area contributed by atoms with E-state index in [4.69, 9.17) is 16.3 Å². The summed E-state index contributed by atoms with van der Waals surface area (Å²) in [5, 5.41) is 0.602. The molecule has 0 unspecified atom stereocenters. The molecule has 3 nitrogen and oxygen atoms in total. The van der Waals surface area contributed by atoms with E-state index in [2.05, 4.69) is 9.97 Å². The molecule has 16 heavy (non-hydrogen) atoms. The van der Waals surface area contributed by atoms with E-state index in [0.717, 1.165) is 30.5 Å². The van der Waals surface area contributed by atoms with Crippen LogP contribution >= 0.6 is 11.6 Å². The monoisotopic (exact) mass is 240 g/mol. The van der Waals surface area contributed by atoms with Gasteiger partial charge in [0.2, 0.25) is 0 Å². The molecule has 0 aromatic carbocycles. The van der Waals surface area contributed by atoms with E-state index >= 15 is 0 Å². The molecule has 0 radical (unpaired) electrons. The molecule has 0 saturated carbocycles. The number of halogens is 1. The first-order valence-corrected chi connectivity index (χ1v) is 6.12. The van der Waals surface area contributed by atoms with Crippen molar-refractivity contribution in [2.75, 3.05) is 6.61 Å². The number of nitrogens with zero attached hydrogens (tertiary/aromatic N) is 2. The van der Waals surface area contributed by atoms with Gasteiger partial charge in [0.1, 0.15) is 10.8 Å². The molecular formula is C12H17ClN2O. The van der Waals surface area contributed by atoms with Crippen molar-refractivity contribution >= 4 is 11.6 Å². The molecule has 0 fully saturated rings. The number of fused-ring (bicyclic) bond motifs is 1. The molecule has 0 atom stereocenters. The largest absolute Gasteiger partial charge is 0.368 e. The number of aromatic nitrogens is 2. The third-order valence-electron chi connectivity index (χ3n) is 2.93. The summed E-state index contributed by atoms with van der Waals surface area (Å²) < 4.78 is 5.65. The molecule has 0 bridgehead atoms. The molecule has 0 saturated heterocycles. The van der Waals surface area contributed by atoms with Gasteiger partial charge in [0.25, 0.3) is 0 Å². The molecule has 88 valence electrons. The van der Waals surface area contributed by atoms with Crippen molar-refractivity contribution in [1.29, 1.82) is 0 Å². The fraction of sp³-hybridized carbons (Fsp3) is 0.667. The van der Waals surface area contributed by atoms with Crippen LogP contribution in [-0.4, -0.2) is 16.6 Å². The van der Waals surface area contributed by atoms with Crippen LogP contribution < -0.4 is 0 Å². The van der Waals surface area contributed by atoms with Gasteiger partial charge >= 0.3 is 0 Å². The molecule has 1 aromatic heterocycles. The van der Waals surface area contributed by atoms with Crippen LogP contribution in [-0.2, 0) is 23.2 Å². The lowest BCUT2D eigenvalue weighted by molar-refractivity contribution is -0.0209. The average Bonchev–Trinajstić information content (AvgIpc) is 2.65. The lowest BCUT2D eigenvalue weighted by Gasteiger charge is -2.23. The molecule has 0 N–H and O–H groups in total. The van der Waals surface area contributed by atoms with E-state index in [1.807, 2.05) is 20.8 Å². The van der Waals surface area contributed by atoms with Crippen molar-refractivity contribution in [2.24, 2.45) is 0 Å². The second-order valence-corrected chi connectivity index (χ2v) is 4.92. The van der Waals surface area contributed by atoms with E-state index < -0.39 is 5.60 Å². The highest BCUT2D eigenvalue weighted by Crippen LogP contribution is 2.30. The Morgan fingerprint density at radius 1 is 1.31 bits per heavy atom. The minimum Gasteiger partial charge on any atom is -0.368 e. The standard InChI is InChI=1S/C12H17ClN2O/c1-4-16-12(2,3)11-14-9-7-5-6-8(9)10(13)15-11/h4-7H2,1-3H3. The first kappa shape index (κ1) is 11.8. The Balaban J connectivity index is 2.40. The maximum absolute atomic E-state index is 6.17.